The lowest BCUT2D eigenvalue weighted by molar-refractivity contribution is 1.32. The lowest BCUT2D eigenvalue weighted by Gasteiger charge is -2.06. The van der Waals surface area contributed by atoms with Crippen molar-refractivity contribution in [1.29, 1.82) is 0 Å². The highest BCUT2D eigenvalue weighted by Gasteiger charge is 1.98. The monoisotopic (exact) mass is 346 g/mol. The van der Waals surface area contributed by atoms with Gasteiger partial charge in [-0.1, -0.05) is 38.1 Å². The molecule has 0 aliphatic carbocycles. The summed E-state index contributed by atoms with van der Waals surface area (Å²) in [6, 6.07) is 9.13. The van der Waals surface area contributed by atoms with E-state index < -0.39 is 0 Å². The second kappa shape index (κ2) is 13.3. The van der Waals surface area contributed by atoms with Gasteiger partial charge in [0.15, 0.2) is 0 Å². The number of benzene rings is 1. The van der Waals surface area contributed by atoms with Gasteiger partial charge >= 0.3 is 0 Å². The highest BCUT2D eigenvalue weighted by atomic mass is 32.2. The summed E-state index contributed by atoms with van der Waals surface area (Å²) in [5.74, 6) is 9.91. The normalized spacial score (nSPS) is 10.9. The summed E-state index contributed by atoms with van der Waals surface area (Å²) in [6.07, 6.45) is 0. The Morgan fingerprint density at radius 2 is 1.15 bits per heavy atom. The van der Waals surface area contributed by atoms with Crippen LogP contribution in [0.5, 0.6) is 0 Å². The number of thioether (sulfide) groups is 4. The van der Waals surface area contributed by atoms with Crippen LogP contribution in [-0.2, 0) is 11.5 Å². The zero-order valence-electron chi connectivity index (χ0n) is 12.6. The molecule has 0 atom stereocenters. The molecule has 0 aliphatic rings. The molecule has 0 aromatic heterocycles. The minimum atomic E-state index is 1.16. The van der Waals surface area contributed by atoms with E-state index in [2.05, 4.69) is 61.6 Å². The fraction of sp³-hybridized carbons (Fsp3) is 0.625. The Bertz CT molecular complexity index is 312. The van der Waals surface area contributed by atoms with Gasteiger partial charge < -0.3 is 0 Å². The lowest BCUT2D eigenvalue weighted by atomic mass is 10.2. The van der Waals surface area contributed by atoms with Crippen molar-refractivity contribution in [3.8, 4) is 0 Å². The summed E-state index contributed by atoms with van der Waals surface area (Å²) >= 11 is 8.19. The van der Waals surface area contributed by atoms with Crippen LogP contribution in [0.25, 0.3) is 0 Å². The van der Waals surface area contributed by atoms with E-state index in [1.807, 2.05) is 23.5 Å². The number of rotatable bonds is 12. The van der Waals surface area contributed by atoms with Gasteiger partial charge in [0.05, 0.1) is 0 Å². The zero-order valence-corrected chi connectivity index (χ0v) is 15.9. The second-order valence-corrected chi connectivity index (χ2v) is 9.32. The maximum Gasteiger partial charge on any atom is 0.0184 e. The molecule has 0 unspecified atom stereocenters. The van der Waals surface area contributed by atoms with E-state index in [1.54, 1.807) is 0 Å². The highest BCUT2D eigenvalue weighted by molar-refractivity contribution is 8.02. The third kappa shape index (κ3) is 9.54. The molecule has 20 heavy (non-hydrogen) atoms. The predicted molar refractivity (Wildman–Crippen MR) is 105 cm³/mol. The van der Waals surface area contributed by atoms with E-state index in [9.17, 15) is 0 Å². The molecule has 0 amide bonds. The molecule has 0 saturated carbocycles. The van der Waals surface area contributed by atoms with Gasteiger partial charge in [0.25, 0.3) is 0 Å². The summed E-state index contributed by atoms with van der Waals surface area (Å²) < 4.78 is 0. The Morgan fingerprint density at radius 1 is 0.700 bits per heavy atom. The van der Waals surface area contributed by atoms with Gasteiger partial charge in [-0.2, -0.15) is 47.0 Å². The topological polar surface area (TPSA) is 0 Å². The average Bonchev–Trinajstić information content (AvgIpc) is 2.47. The first kappa shape index (κ1) is 18.7. The van der Waals surface area contributed by atoms with Crippen molar-refractivity contribution < 1.29 is 0 Å². The minimum Gasteiger partial charge on any atom is -0.161 e. The Labute approximate surface area is 142 Å². The standard InChI is InChI=1S/C16H26S4/c1-3-17-8-10-19-13-15-6-5-7-16(12-15)14-20-11-9-18-4-2/h5-7,12H,3-4,8-11,13-14H2,1-2H3. The molecule has 0 fully saturated rings. The van der Waals surface area contributed by atoms with E-state index in [0.717, 1.165) is 11.5 Å². The molecule has 0 heterocycles. The Morgan fingerprint density at radius 3 is 1.60 bits per heavy atom. The minimum absolute atomic E-state index is 1.16. The van der Waals surface area contributed by atoms with Crippen molar-refractivity contribution in [3.63, 3.8) is 0 Å². The van der Waals surface area contributed by atoms with Gasteiger partial charge in [-0.05, 0) is 22.6 Å². The molecule has 1 rings (SSSR count). The average molecular weight is 347 g/mol. The van der Waals surface area contributed by atoms with Crippen LogP contribution in [-0.4, -0.2) is 34.5 Å². The molecular weight excluding hydrogens is 320 g/mol. The fourth-order valence-electron chi connectivity index (χ4n) is 1.71. The molecule has 4 heteroatoms. The molecule has 0 nitrogen and oxygen atoms in total. The largest absolute Gasteiger partial charge is 0.161 e. The summed E-state index contributed by atoms with van der Waals surface area (Å²) in [4.78, 5) is 0. The molecule has 0 radical (unpaired) electrons. The van der Waals surface area contributed by atoms with Crippen LogP contribution in [0.15, 0.2) is 24.3 Å². The molecule has 0 saturated heterocycles. The third-order valence-electron chi connectivity index (χ3n) is 2.68. The number of hydrogen-bond donors (Lipinski definition) is 0. The van der Waals surface area contributed by atoms with E-state index in [0.29, 0.717) is 0 Å². The molecule has 114 valence electrons. The van der Waals surface area contributed by atoms with Crippen LogP contribution >= 0.6 is 47.0 Å². The molecule has 1 aromatic rings. The molecule has 0 bridgehead atoms. The molecule has 1 aromatic carbocycles. The van der Waals surface area contributed by atoms with Crippen LogP contribution in [0.3, 0.4) is 0 Å². The van der Waals surface area contributed by atoms with Crippen LogP contribution < -0.4 is 0 Å². The van der Waals surface area contributed by atoms with Gasteiger partial charge in [0.2, 0.25) is 0 Å². The van der Waals surface area contributed by atoms with Gasteiger partial charge in [-0.15, -0.1) is 0 Å². The molecular formula is C16H26S4. The van der Waals surface area contributed by atoms with Crippen molar-refractivity contribution >= 4 is 47.0 Å². The van der Waals surface area contributed by atoms with E-state index >= 15 is 0 Å². The summed E-state index contributed by atoms with van der Waals surface area (Å²) in [6.45, 7) is 4.46. The molecule has 0 aliphatic heterocycles. The quantitative estimate of drug-likeness (QED) is 0.448. The van der Waals surface area contributed by atoms with Crippen LogP contribution in [0.4, 0.5) is 0 Å². The summed E-state index contributed by atoms with van der Waals surface area (Å²) in [5, 5.41) is 0. The maximum absolute atomic E-state index is 2.39. The van der Waals surface area contributed by atoms with Crippen LogP contribution in [0.1, 0.15) is 25.0 Å². The summed E-state index contributed by atoms with van der Waals surface area (Å²) in [7, 11) is 0. The first-order valence-electron chi connectivity index (χ1n) is 7.25. The second-order valence-electron chi connectivity index (χ2n) is 4.32. The maximum atomic E-state index is 2.39. The van der Waals surface area contributed by atoms with Crippen molar-refractivity contribution in [2.24, 2.45) is 0 Å². The van der Waals surface area contributed by atoms with Gasteiger partial charge in [0, 0.05) is 34.5 Å². The molecule has 0 N–H and O–H groups in total. The van der Waals surface area contributed by atoms with Crippen LogP contribution in [0.2, 0.25) is 0 Å². The van der Waals surface area contributed by atoms with Crippen molar-refractivity contribution in [2.45, 2.75) is 25.4 Å². The highest BCUT2D eigenvalue weighted by Crippen LogP contribution is 2.19. The summed E-state index contributed by atoms with van der Waals surface area (Å²) in [5.41, 5.74) is 2.97. The van der Waals surface area contributed by atoms with Crippen molar-refractivity contribution in [2.75, 3.05) is 34.5 Å². The van der Waals surface area contributed by atoms with E-state index in [-0.39, 0.29) is 0 Å². The SMILES string of the molecule is CCSCCSCc1cccc(CSCCSCC)c1. The van der Waals surface area contributed by atoms with Crippen molar-refractivity contribution in [3.05, 3.63) is 35.4 Å². The Kier molecular flexibility index (Phi) is 12.4. The van der Waals surface area contributed by atoms with Crippen molar-refractivity contribution in [1.82, 2.24) is 0 Å². The van der Waals surface area contributed by atoms with Gasteiger partial charge in [-0.25, -0.2) is 0 Å². The van der Waals surface area contributed by atoms with E-state index in [1.165, 1.54) is 45.6 Å². The zero-order chi connectivity index (χ0) is 14.5. The Balaban J connectivity index is 2.19. The fourth-order valence-corrected chi connectivity index (χ4v) is 5.30. The van der Waals surface area contributed by atoms with Gasteiger partial charge in [-0.3, -0.25) is 0 Å². The van der Waals surface area contributed by atoms with E-state index in [4.69, 9.17) is 0 Å². The lowest BCUT2D eigenvalue weighted by Crippen LogP contribution is -1.90. The first-order chi connectivity index (χ1) is 9.86. The smallest absolute Gasteiger partial charge is 0.0184 e. The predicted octanol–water partition coefficient (Wildman–Crippen LogP) is 5.66. The Hall–Kier alpha value is 0.620. The van der Waals surface area contributed by atoms with Gasteiger partial charge in [0.1, 0.15) is 0 Å². The van der Waals surface area contributed by atoms with Crippen LogP contribution in [0, 0.1) is 0 Å². The third-order valence-corrected chi connectivity index (χ3v) is 7.06. The molecule has 0 spiro atoms. The first-order valence-corrected chi connectivity index (χ1v) is 11.9. The number of hydrogen-bond acceptors (Lipinski definition) is 4.